The molecule has 5 nitrogen and oxygen atoms in total. The maximum absolute atomic E-state index is 12.3. The molecule has 0 saturated carbocycles. The quantitative estimate of drug-likeness (QED) is 0.564. The summed E-state index contributed by atoms with van der Waals surface area (Å²) in [7, 11) is 0. The summed E-state index contributed by atoms with van der Waals surface area (Å²) < 4.78 is 12.3. The van der Waals surface area contributed by atoms with Crippen LogP contribution in [0.15, 0.2) is 53.7 Å². The molecule has 0 fully saturated rings. The number of nitrogens with two attached hydrogens (primary N) is 1. The molecule has 0 radical (unpaired) electrons. The number of anilines is 1. The van der Waals surface area contributed by atoms with Crippen molar-refractivity contribution < 1.29 is 10.0 Å². The monoisotopic (exact) mass is 289 g/mol. The first-order valence-corrected chi connectivity index (χ1v) is 7.22. The van der Waals surface area contributed by atoms with Crippen LogP contribution in [-0.2, 0) is 16.9 Å². The first-order valence-electron chi connectivity index (χ1n) is 5.90. The van der Waals surface area contributed by atoms with E-state index < -0.39 is 11.2 Å². The molecule has 0 aliphatic carbocycles. The lowest BCUT2D eigenvalue weighted by atomic mass is 10.2. The van der Waals surface area contributed by atoms with Crippen molar-refractivity contribution in [3.8, 4) is 0 Å². The van der Waals surface area contributed by atoms with Gasteiger partial charge in [0.15, 0.2) is 0 Å². The number of hydrogen-bond donors (Lipinski definition) is 2. The van der Waals surface area contributed by atoms with Gasteiger partial charge in [0.2, 0.25) is 0 Å². The molecule has 3 aromatic rings. The van der Waals surface area contributed by atoms with E-state index in [0.717, 1.165) is 16.6 Å². The Kier molecular flexibility index (Phi) is 4.29. The molecule has 1 unspecified atom stereocenters. The molecular formula is C14H15N3O2S. The van der Waals surface area contributed by atoms with Gasteiger partial charge in [-0.1, -0.05) is 30.3 Å². The van der Waals surface area contributed by atoms with E-state index in [1.54, 1.807) is 0 Å². The molecule has 5 N–H and O–H groups in total. The number of aromatic nitrogens is 2. The van der Waals surface area contributed by atoms with Gasteiger partial charge in [0.05, 0.1) is 11.0 Å². The van der Waals surface area contributed by atoms with Gasteiger partial charge in [-0.25, -0.2) is 0 Å². The van der Waals surface area contributed by atoms with Crippen molar-refractivity contribution in [3.05, 3.63) is 54.1 Å². The SMILES string of the molecule is Nc1ccccc1C[S+]([O-])c1nc2ccccc2[nH]1.O. The normalized spacial score (nSPS) is 12.1. The number of nitrogen functional groups attached to an aromatic ring is 1. The lowest BCUT2D eigenvalue weighted by Gasteiger charge is -2.08. The minimum absolute atomic E-state index is 0. The summed E-state index contributed by atoms with van der Waals surface area (Å²) in [5.41, 5.74) is 9.11. The average molecular weight is 289 g/mol. The molecule has 0 aliphatic heterocycles. The van der Waals surface area contributed by atoms with Gasteiger partial charge >= 0.3 is 5.16 Å². The fraction of sp³-hybridized carbons (Fsp3) is 0.0714. The van der Waals surface area contributed by atoms with Crippen molar-refractivity contribution in [2.24, 2.45) is 0 Å². The maximum atomic E-state index is 12.3. The van der Waals surface area contributed by atoms with Gasteiger partial charge in [-0.3, -0.25) is 4.98 Å². The number of rotatable bonds is 3. The number of nitrogens with zero attached hydrogens (tertiary/aromatic N) is 1. The Morgan fingerprint density at radius 1 is 1.10 bits per heavy atom. The van der Waals surface area contributed by atoms with Crippen molar-refractivity contribution in [3.63, 3.8) is 0 Å². The summed E-state index contributed by atoms with van der Waals surface area (Å²) in [5.74, 6) is 0.368. The number of hydrogen-bond acceptors (Lipinski definition) is 3. The van der Waals surface area contributed by atoms with Gasteiger partial charge in [0.1, 0.15) is 5.75 Å². The summed E-state index contributed by atoms with van der Waals surface area (Å²) in [5, 5.41) is 0.490. The van der Waals surface area contributed by atoms with Crippen LogP contribution in [0.4, 0.5) is 5.69 Å². The average Bonchev–Trinajstić information content (AvgIpc) is 2.85. The van der Waals surface area contributed by atoms with Crippen LogP contribution in [0.25, 0.3) is 11.0 Å². The smallest absolute Gasteiger partial charge is 0.321 e. The molecular weight excluding hydrogens is 274 g/mol. The molecule has 20 heavy (non-hydrogen) atoms. The van der Waals surface area contributed by atoms with Crippen LogP contribution < -0.4 is 5.73 Å². The highest BCUT2D eigenvalue weighted by Crippen LogP contribution is 2.20. The van der Waals surface area contributed by atoms with E-state index in [0.29, 0.717) is 16.6 Å². The van der Waals surface area contributed by atoms with Gasteiger partial charge < -0.3 is 15.8 Å². The zero-order valence-electron chi connectivity index (χ0n) is 10.7. The summed E-state index contributed by atoms with van der Waals surface area (Å²) in [4.78, 5) is 7.42. The number of H-pyrrole nitrogens is 1. The molecule has 0 saturated heterocycles. The minimum Gasteiger partial charge on any atom is -0.609 e. The largest absolute Gasteiger partial charge is 0.609 e. The molecule has 2 aromatic carbocycles. The van der Waals surface area contributed by atoms with Crippen molar-refractivity contribution in [2.75, 3.05) is 5.73 Å². The number of fused-ring (bicyclic) bond motifs is 1. The van der Waals surface area contributed by atoms with Gasteiger partial charge in [-0.05, 0) is 18.2 Å². The Morgan fingerprint density at radius 3 is 2.55 bits per heavy atom. The van der Waals surface area contributed by atoms with Crippen molar-refractivity contribution in [1.82, 2.24) is 9.97 Å². The molecule has 1 heterocycles. The number of para-hydroxylation sites is 3. The number of benzene rings is 2. The van der Waals surface area contributed by atoms with Crippen LogP contribution in [0.1, 0.15) is 5.56 Å². The third-order valence-electron chi connectivity index (χ3n) is 2.92. The van der Waals surface area contributed by atoms with Crippen LogP contribution >= 0.6 is 0 Å². The summed E-state index contributed by atoms with van der Waals surface area (Å²) >= 11 is -1.22. The molecule has 104 valence electrons. The van der Waals surface area contributed by atoms with Crippen LogP contribution in [-0.4, -0.2) is 20.0 Å². The molecule has 1 aromatic heterocycles. The predicted molar refractivity (Wildman–Crippen MR) is 80.7 cm³/mol. The lowest BCUT2D eigenvalue weighted by Crippen LogP contribution is -2.08. The summed E-state index contributed by atoms with van der Waals surface area (Å²) in [6.07, 6.45) is 0. The topological polar surface area (TPSA) is 109 Å². The fourth-order valence-corrected chi connectivity index (χ4v) is 3.02. The van der Waals surface area contributed by atoms with E-state index in [4.69, 9.17) is 5.73 Å². The fourth-order valence-electron chi connectivity index (χ4n) is 1.91. The zero-order chi connectivity index (χ0) is 13.2. The number of aromatic amines is 1. The predicted octanol–water partition coefficient (Wildman–Crippen LogP) is 1.63. The van der Waals surface area contributed by atoms with E-state index in [-0.39, 0.29) is 5.48 Å². The number of imidazole rings is 1. The van der Waals surface area contributed by atoms with Gasteiger partial charge in [0.25, 0.3) is 0 Å². The van der Waals surface area contributed by atoms with Crippen LogP contribution in [0.2, 0.25) is 0 Å². The van der Waals surface area contributed by atoms with E-state index in [9.17, 15) is 4.55 Å². The minimum atomic E-state index is -1.22. The summed E-state index contributed by atoms with van der Waals surface area (Å²) in [6, 6.07) is 15.1. The lowest BCUT2D eigenvalue weighted by molar-refractivity contribution is 0.587. The first-order chi connectivity index (χ1) is 9.24. The van der Waals surface area contributed by atoms with Gasteiger partial charge in [-0.15, -0.1) is 0 Å². The Morgan fingerprint density at radius 2 is 1.80 bits per heavy atom. The second-order valence-electron chi connectivity index (χ2n) is 4.25. The highest BCUT2D eigenvalue weighted by Gasteiger charge is 2.17. The van der Waals surface area contributed by atoms with E-state index in [1.165, 1.54) is 0 Å². The van der Waals surface area contributed by atoms with E-state index in [1.807, 2.05) is 48.5 Å². The highest BCUT2D eigenvalue weighted by molar-refractivity contribution is 7.90. The molecule has 0 bridgehead atoms. The van der Waals surface area contributed by atoms with Crippen LogP contribution in [0.5, 0.6) is 0 Å². The third kappa shape index (κ3) is 2.77. The van der Waals surface area contributed by atoms with Crippen molar-refractivity contribution >= 4 is 27.9 Å². The van der Waals surface area contributed by atoms with Crippen molar-refractivity contribution in [2.45, 2.75) is 10.9 Å². The first kappa shape index (κ1) is 14.4. The van der Waals surface area contributed by atoms with E-state index in [2.05, 4.69) is 9.97 Å². The number of nitrogens with one attached hydrogen (secondary N) is 1. The molecule has 0 amide bonds. The Labute approximate surface area is 119 Å². The molecule has 1 atom stereocenters. The third-order valence-corrected chi connectivity index (χ3v) is 4.12. The second kappa shape index (κ2) is 5.96. The standard InChI is InChI=1S/C14H13N3OS.H2O/c15-11-6-2-1-5-10(11)9-19(18)14-16-12-7-3-4-8-13(12)17-14;/h1-8H,9,15H2,(H,16,17);1H2. The molecule has 3 rings (SSSR count). The van der Waals surface area contributed by atoms with Gasteiger partial charge in [-0.2, -0.15) is 4.98 Å². The van der Waals surface area contributed by atoms with Gasteiger partial charge in [0, 0.05) is 22.4 Å². The zero-order valence-corrected chi connectivity index (χ0v) is 11.5. The highest BCUT2D eigenvalue weighted by atomic mass is 32.2. The van der Waals surface area contributed by atoms with Crippen molar-refractivity contribution in [1.29, 1.82) is 0 Å². The Hall–Kier alpha value is -2.02. The molecule has 6 heteroatoms. The van der Waals surface area contributed by atoms with E-state index >= 15 is 0 Å². The van der Waals surface area contributed by atoms with Crippen LogP contribution in [0.3, 0.4) is 0 Å². The maximum Gasteiger partial charge on any atom is 0.321 e. The summed E-state index contributed by atoms with van der Waals surface area (Å²) in [6.45, 7) is 0. The van der Waals surface area contributed by atoms with Crippen LogP contribution in [0, 0.1) is 0 Å². The molecule has 0 spiro atoms. The Balaban J connectivity index is 0.00000147. The Bertz CT molecular complexity index is 681. The molecule has 0 aliphatic rings. The second-order valence-corrected chi connectivity index (χ2v) is 5.61.